The van der Waals surface area contributed by atoms with E-state index in [9.17, 15) is 9.59 Å². The third-order valence-corrected chi connectivity index (χ3v) is 3.72. The zero-order chi connectivity index (χ0) is 17.6. The number of amides is 1. The van der Waals surface area contributed by atoms with Crippen molar-refractivity contribution >= 4 is 28.7 Å². The second kappa shape index (κ2) is 7.61. The average molecular weight is 337 g/mol. The number of nitrogens with zero attached hydrogens (tertiary/aromatic N) is 1. The molecule has 25 heavy (non-hydrogen) atoms. The van der Waals surface area contributed by atoms with Gasteiger partial charge < -0.3 is 9.72 Å². The number of H-pyrrole nitrogens is 1. The van der Waals surface area contributed by atoms with Crippen molar-refractivity contribution in [2.45, 2.75) is 19.8 Å². The van der Waals surface area contributed by atoms with Gasteiger partial charge in [0.1, 0.15) is 5.75 Å². The van der Waals surface area contributed by atoms with Gasteiger partial charge in [-0.2, -0.15) is 0 Å². The van der Waals surface area contributed by atoms with Gasteiger partial charge in [-0.05, 0) is 49.7 Å². The van der Waals surface area contributed by atoms with Gasteiger partial charge in [0.05, 0.1) is 17.6 Å². The Morgan fingerprint density at radius 3 is 2.60 bits per heavy atom. The van der Waals surface area contributed by atoms with Gasteiger partial charge in [0.2, 0.25) is 11.9 Å². The lowest BCUT2D eigenvalue weighted by molar-refractivity contribution is -0.116. The summed E-state index contributed by atoms with van der Waals surface area (Å²) in [5, 5.41) is 2.75. The number of carbonyl (C=O) groups is 2. The molecule has 1 aromatic heterocycles. The molecule has 0 radical (unpaired) electrons. The zero-order valence-corrected chi connectivity index (χ0v) is 13.9. The molecule has 1 heterocycles. The second-order valence-corrected chi connectivity index (χ2v) is 5.68. The van der Waals surface area contributed by atoms with Crippen LogP contribution in [0, 0.1) is 0 Å². The van der Waals surface area contributed by atoms with Crippen LogP contribution in [0.3, 0.4) is 0 Å². The quantitative estimate of drug-likeness (QED) is 0.510. The highest BCUT2D eigenvalue weighted by atomic mass is 16.5. The van der Waals surface area contributed by atoms with Crippen molar-refractivity contribution in [3.05, 3.63) is 54.1 Å². The molecule has 0 saturated heterocycles. The third kappa shape index (κ3) is 4.44. The number of hydrogen-bond donors (Lipinski definition) is 2. The van der Waals surface area contributed by atoms with E-state index in [0.717, 1.165) is 11.0 Å². The third-order valence-electron chi connectivity index (χ3n) is 3.72. The van der Waals surface area contributed by atoms with E-state index in [4.69, 9.17) is 4.74 Å². The minimum absolute atomic E-state index is 0.0220. The lowest BCUT2D eigenvalue weighted by Crippen LogP contribution is -2.13. The minimum atomic E-state index is -0.116. The van der Waals surface area contributed by atoms with Crippen molar-refractivity contribution < 1.29 is 14.3 Å². The molecule has 128 valence electrons. The Morgan fingerprint density at radius 1 is 1.12 bits per heavy atom. The van der Waals surface area contributed by atoms with Crippen LogP contribution in [-0.2, 0) is 4.79 Å². The first-order chi connectivity index (χ1) is 12.1. The largest absolute Gasteiger partial charge is 0.494 e. The molecule has 2 N–H and O–H groups in total. The number of anilines is 1. The number of para-hydroxylation sites is 2. The van der Waals surface area contributed by atoms with E-state index in [1.165, 1.54) is 6.92 Å². The maximum Gasteiger partial charge on any atom is 0.226 e. The van der Waals surface area contributed by atoms with Gasteiger partial charge in [-0.25, -0.2) is 4.98 Å². The first-order valence-corrected chi connectivity index (χ1v) is 8.10. The predicted molar refractivity (Wildman–Crippen MR) is 95.9 cm³/mol. The van der Waals surface area contributed by atoms with Crippen LogP contribution in [0.1, 0.15) is 30.1 Å². The molecule has 3 aromatic rings. The summed E-state index contributed by atoms with van der Waals surface area (Å²) in [6.07, 6.45) is 0.920. The number of Topliss-reactive ketones (excluding diaryl/α,β-unsaturated/α-hetero) is 1. The number of ketones is 1. The van der Waals surface area contributed by atoms with Crippen LogP contribution >= 0.6 is 0 Å². The molecule has 3 rings (SSSR count). The first-order valence-electron chi connectivity index (χ1n) is 8.10. The van der Waals surface area contributed by atoms with Gasteiger partial charge in [-0.1, -0.05) is 12.1 Å². The molecule has 0 saturated carbocycles. The number of rotatable bonds is 7. The Balaban J connectivity index is 1.42. The Morgan fingerprint density at radius 2 is 1.88 bits per heavy atom. The maximum absolute atomic E-state index is 12.0. The summed E-state index contributed by atoms with van der Waals surface area (Å²) in [7, 11) is 0. The van der Waals surface area contributed by atoms with Crippen molar-refractivity contribution in [2.75, 3.05) is 11.9 Å². The number of fused-ring (bicyclic) bond motifs is 1. The Kier molecular flexibility index (Phi) is 5.09. The molecule has 0 aliphatic heterocycles. The van der Waals surface area contributed by atoms with Crippen LogP contribution < -0.4 is 10.1 Å². The Labute approximate surface area is 145 Å². The van der Waals surface area contributed by atoms with E-state index in [1.54, 1.807) is 24.3 Å². The summed E-state index contributed by atoms with van der Waals surface area (Å²) >= 11 is 0. The highest BCUT2D eigenvalue weighted by molar-refractivity contribution is 5.94. The number of imidazole rings is 1. The second-order valence-electron chi connectivity index (χ2n) is 5.68. The molecule has 0 aliphatic carbocycles. The van der Waals surface area contributed by atoms with Crippen LogP contribution in [0.5, 0.6) is 5.75 Å². The SMILES string of the molecule is CC(=O)c1ccc(OCCCC(=O)Nc2nc3ccccc3[nH]2)cc1. The minimum Gasteiger partial charge on any atom is -0.494 e. The van der Waals surface area contributed by atoms with E-state index in [-0.39, 0.29) is 11.7 Å². The Hall–Kier alpha value is -3.15. The van der Waals surface area contributed by atoms with E-state index >= 15 is 0 Å². The van der Waals surface area contributed by atoms with Crippen LogP contribution in [0.2, 0.25) is 0 Å². The van der Waals surface area contributed by atoms with Crippen LogP contribution in [-0.4, -0.2) is 28.3 Å². The van der Waals surface area contributed by atoms with Gasteiger partial charge in [-0.15, -0.1) is 0 Å². The number of hydrogen-bond acceptors (Lipinski definition) is 4. The molecule has 2 aromatic carbocycles. The summed E-state index contributed by atoms with van der Waals surface area (Å²) < 4.78 is 5.57. The Bertz CT molecular complexity index is 851. The van der Waals surface area contributed by atoms with Gasteiger partial charge in [-0.3, -0.25) is 14.9 Å². The molecule has 0 spiro atoms. The molecule has 0 unspecified atom stereocenters. The van der Waals surface area contributed by atoms with Crippen molar-refractivity contribution in [1.82, 2.24) is 9.97 Å². The van der Waals surface area contributed by atoms with E-state index in [1.807, 2.05) is 24.3 Å². The summed E-state index contributed by atoms with van der Waals surface area (Å²) in [5.74, 6) is 1.04. The smallest absolute Gasteiger partial charge is 0.226 e. The average Bonchev–Trinajstić information content (AvgIpc) is 3.01. The molecule has 0 bridgehead atoms. The van der Waals surface area contributed by atoms with Crippen LogP contribution in [0.25, 0.3) is 11.0 Å². The fourth-order valence-corrected chi connectivity index (χ4v) is 2.42. The number of nitrogens with one attached hydrogen (secondary N) is 2. The molecule has 1 amide bonds. The molecular weight excluding hydrogens is 318 g/mol. The predicted octanol–water partition coefficient (Wildman–Crippen LogP) is 3.56. The molecule has 6 heteroatoms. The van der Waals surface area contributed by atoms with Gasteiger partial charge >= 0.3 is 0 Å². The van der Waals surface area contributed by atoms with Crippen molar-refractivity contribution in [3.63, 3.8) is 0 Å². The summed E-state index contributed by atoms with van der Waals surface area (Å²) in [6.45, 7) is 1.95. The van der Waals surface area contributed by atoms with E-state index in [0.29, 0.717) is 36.7 Å². The van der Waals surface area contributed by atoms with E-state index < -0.39 is 0 Å². The van der Waals surface area contributed by atoms with E-state index in [2.05, 4.69) is 15.3 Å². The van der Waals surface area contributed by atoms with Crippen molar-refractivity contribution in [3.8, 4) is 5.75 Å². The van der Waals surface area contributed by atoms with Crippen LogP contribution in [0.4, 0.5) is 5.95 Å². The summed E-state index contributed by atoms with van der Waals surface area (Å²) in [4.78, 5) is 30.5. The highest BCUT2D eigenvalue weighted by Gasteiger charge is 2.07. The standard InChI is InChI=1S/C19H19N3O3/c1-13(23)14-8-10-15(11-9-14)25-12-4-7-18(24)22-19-20-16-5-2-3-6-17(16)21-19/h2-3,5-6,8-11H,4,7,12H2,1H3,(H2,20,21,22,24). The molecule has 0 atom stereocenters. The number of aromatic nitrogens is 2. The molecule has 0 aliphatic rings. The molecular formula is C19H19N3O3. The number of ether oxygens (including phenoxy) is 1. The topological polar surface area (TPSA) is 84.1 Å². The number of carbonyl (C=O) groups excluding carboxylic acids is 2. The highest BCUT2D eigenvalue weighted by Crippen LogP contribution is 2.14. The molecule has 0 fully saturated rings. The maximum atomic E-state index is 12.0. The van der Waals surface area contributed by atoms with Gasteiger partial charge in [0.15, 0.2) is 5.78 Å². The normalized spacial score (nSPS) is 10.6. The lowest BCUT2D eigenvalue weighted by atomic mass is 10.1. The number of benzene rings is 2. The van der Waals surface area contributed by atoms with Gasteiger partial charge in [0.25, 0.3) is 0 Å². The van der Waals surface area contributed by atoms with Crippen molar-refractivity contribution in [1.29, 1.82) is 0 Å². The van der Waals surface area contributed by atoms with Crippen molar-refractivity contribution in [2.24, 2.45) is 0 Å². The molecule has 6 nitrogen and oxygen atoms in total. The number of aromatic amines is 1. The van der Waals surface area contributed by atoms with Gasteiger partial charge in [0, 0.05) is 12.0 Å². The monoisotopic (exact) mass is 337 g/mol. The fourth-order valence-electron chi connectivity index (χ4n) is 2.42. The fraction of sp³-hybridized carbons (Fsp3) is 0.211. The van der Waals surface area contributed by atoms with Crippen LogP contribution in [0.15, 0.2) is 48.5 Å². The lowest BCUT2D eigenvalue weighted by Gasteiger charge is -2.06. The zero-order valence-electron chi connectivity index (χ0n) is 13.9. The first kappa shape index (κ1) is 16.7. The summed E-state index contributed by atoms with van der Waals surface area (Å²) in [6, 6.07) is 14.6. The summed E-state index contributed by atoms with van der Waals surface area (Å²) in [5.41, 5.74) is 2.35.